The minimum atomic E-state index is -3.46. The van der Waals surface area contributed by atoms with Gasteiger partial charge in [0.1, 0.15) is 0 Å². The van der Waals surface area contributed by atoms with Crippen molar-refractivity contribution < 1.29 is 17.9 Å². The van der Waals surface area contributed by atoms with Crippen LogP contribution in [0.1, 0.15) is 23.2 Å². The third-order valence-electron chi connectivity index (χ3n) is 2.11. The van der Waals surface area contributed by atoms with Crippen molar-refractivity contribution in [2.75, 3.05) is 17.6 Å². The van der Waals surface area contributed by atoms with Gasteiger partial charge in [-0.2, -0.15) is 5.26 Å². The number of para-hydroxylation sites is 1. The molecule has 6 nitrogen and oxygen atoms in total. The van der Waals surface area contributed by atoms with Crippen LogP contribution in [0.5, 0.6) is 0 Å². The maximum atomic E-state index is 11.8. The molecule has 0 spiro atoms. The minimum Gasteiger partial charge on any atom is -0.462 e. The quantitative estimate of drug-likeness (QED) is 0.630. The lowest BCUT2D eigenvalue weighted by Gasteiger charge is -2.09. The number of nitrogens with one attached hydrogen (secondary N) is 1. The molecular formula is C12H14N2O4S. The number of sulfonamides is 1. The summed E-state index contributed by atoms with van der Waals surface area (Å²) in [4.78, 5) is 11.8. The third-order valence-corrected chi connectivity index (χ3v) is 2.70. The predicted molar refractivity (Wildman–Crippen MR) is 70.0 cm³/mol. The van der Waals surface area contributed by atoms with E-state index in [4.69, 9.17) is 10.00 Å². The molecule has 0 saturated heterocycles. The van der Waals surface area contributed by atoms with Gasteiger partial charge < -0.3 is 4.74 Å². The lowest BCUT2D eigenvalue weighted by molar-refractivity contribution is 0.0503. The Hall–Kier alpha value is -2.07. The van der Waals surface area contributed by atoms with Gasteiger partial charge in [-0.25, -0.2) is 13.2 Å². The molecule has 0 aliphatic heterocycles. The van der Waals surface area contributed by atoms with Crippen molar-refractivity contribution in [1.29, 1.82) is 5.26 Å². The molecule has 0 bridgehead atoms. The number of carbonyl (C=O) groups excluding carboxylic acids is 1. The fourth-order valence-corrected chi connectivity index (χ4v) is 1.92. The molecule has 0 aliphatic rings. The van der Waals surface area contributed by atoms with E-state index in [9.17, 15) is 13.2 Å². The second-order valence-electron chi connectivity index (χ2n) is 3.82. The van der Waals surface area contributed by atoms with E-state index in [1.165, 1.54) is 12.1 Å². The molecule has 0 heterocycles. The van der Waals surface area contributed by atoms with Gasteiger partial charge in [0.15, 0.2) is 0 Å². The SMILES string of the molecule is CS(=O)(=O)Nc1ccccc1C(=O)OCCCC#N. The summed E-state index contributed by atoms with van der Waals surface area (Å²) < 4.78 is 29.6. The van der Waals surface area contributed by atoms with E-state index in [1.54, 1.807) is 12.1 Å². The van der Waals surface area contributed by atoms with Crippen LogP contribution in [0, 0.1) is 11.3 Å². The van der Waals surface area contributed by atoms with Gasteiger partial charge in [-0.3, -0.25) is 4.72 Å². The number of nitriles is 1. The average molecular weight is 282 g/mol. The molecule has 0 fully saturated rings. The summed E-state index contributed by atoms with van der Waals surface area (Å²) in [5.41, 5.74) is 0.320. The fraction of sp³-hybridized carbons (Fsp3) is 0.333. The average Bonchev–Trinajstić information content (AvgIpc) is 2.33. The highest BCUT2D eigenvalue weighted by Crippen LogP contribution is 2.17. The first-order valence-electron chi connectivity index (χ1n) is 5.55. The Morgan fingerprint density at radius 1 is 1.42 bits per heavy atom. The van der Waals surface area contributed by atoms with Crippen LogP contribution >= 0.6 is 0 Å². The minimum absolute atomic E-state index is 0.125. The van der Waals surface area contributed by atoms with Gasteiger partial charge in [0.25, 0.3) is 0 Å². The summed E-state index contributed by atoms with van der Waals surface area (Å²) in [6, 6.07) is 8.11. The predicted octanol–water partition coefficient (Wildman–Crippen LogP) is 1.52. The number of esters is 1. The lowest BCUT2D eigenvalue weighted by atomic mass is 10.2. The molecule has 1 N–H and O–H groups in total. The molecule has 0 amide bonds. The van der Waals surface area contributed by atoms with Gasteiger partial charge >= 0.3 is 5.97 Å². The number of carbonyl (C=O) groups is 1. The van der Waals surface area contributed by atoms with Crippen molar-refractivity contribution in [3.8, 4) is 6.07 Å². The smallest absolute Gasteiger partial charge is 0.340 e. The van der Waals surface area contributed by atoms with Crippen molar-refractivity contribution in [1.82, 2.24) is 0 Å². The number of benzene rings is 1. The molecule has 0 saturated carbocycles. The Balaban J connectivity index is 2.77. The van der Waals surface area contributed by atoms with E-state index in [-0.39, 0.29) is 17.9 Å². The summed E-state index contributed by atoms with van der Waals surface area (Å²) in [5.74, 6) is -0.621. The van der Waals surface area contributed by atoms with Crippen LogP contribution in [-0.4, -0.2) is 27.2 Å². The zero-order valence-electron chi connectivity index (χ0n) is 10.4. The molecule has 19 heavy (non-hydrogen) atoms. The van der Waals surface area contributed by atoms with E-state index < -0.39 is 16.0 Å². The van der Waals surface area contributed by atoms with E-state index in [2.05, 4.69) is 4.72 Å². The first kappa shape index (κ1) is 15.0. The van der Waals surface area contributed by atoms with Crippen LogP contribution in [0.3, 0.4) is 0 Å². The van der Waals surface area contributed by atoms with Crippen LogP contribution < -0.4 is 4.72 Å². The first-order valence-corrected chi connectivity index (χ1v) is 7.44. The summed E-state index contributed by atoms with van der Waals surface area (Å²) in [6.07, 6.45) is 1.75. The maximum Gasteiger partial charge on any atom is 0.340 e. The standard InChI is InChI=1S/C12H14N2O4S/c1-19(16,17)14-11-7-3-2-6-10(11)12(15)18-9-5-4-8-13/h2-3,6-7,14H,4-5,9H2,1H3. The molecule has 1 aromatic rings. The molecular weight excluding hydrogens is 268 g/mol. The number of anilines is 1. The lowest BCUT2D eigenvalue weighted by Crippen LogP contribution is -2.14. The second-order valence-corrected chi connectivity index (χ2v) is 5.57. The van der Waals surface area contributed by atoms with Crippen LogP contribution in [0.4, 0.5) is 5.69 Å². The van der Waals surface area contributed by atoms with Gasteiger partial charge in [-0.1, -0.05) is 12.1 Å². The molecule has 0 aliphatic carbocycles. The van der Waals surface area contributed by atoms with Crippen LogP contribution in [0.15, 0.2) is 24.3 Å². The number of hydrogen-bond donors (Lipinski definition) is 1. The van der Waals surface area contributed by atoms with Gasteiger partial charge in [0, 0.05) is 6.42 Å². The van der Waals surface area contributed by atoms with Crippen LogP contribution in [0.2, 0.25) is 0 Å². The van der Waals surface area contributed by atoms with Crippen molar-refractivity contribution in [3.63, 3.8) is 0 Å². The zero-order chi connectivity index (χ0) is 14.3. The van der Waals surface area contributed by atoms with E-state index in [0.29, 0.717) is 12.8 Å². The molecule has 102 valence electrons. The van der Waals surface area contributed by atoms with Crippen molar-refractivity contribution in [2.45, 2.75) is 12.8 Å². The molecule has 1 aromatic carbocycles. The van der Waals surface area contributed by atoms with E-state index in [1.807, 2.05) is 6.07 Å². The van der Waals surface area contributed by atoms with Gasteiger partial charge in [-0.05, 0) is 18.6 Å². The number of unbranched alkanes of at least 4 members (excludes halogenated alkanes) is 1. The largest absolute Gasteiger partial charge is 0.462 e. The van der Waals surface area contributed by atoms with Gasteiger partial charge in [0.05, 0.1) is 30.2 Å². The van der Waals surface area contributed by atoms with Gasteiger partial charge in [-0.15, -0.1) is 0 Å². The Bertz CT molecular complexity index is 590. The Morgan fingerprint density at radius 3 is 2.74 bits per heavy atom. The fourth-order valence-electron chi connectivity index (χ4n) is 1.34. The highest BCUT2D eigenvalue weighted by molar-refractivity contribution is 7.92. The molecule has 0 unspecified atom stereocenters. The zero-order valence-corrected chi connectivity index (χ0v) is 11.2. The third kappa shape index (κ3) is 5.40. The topological polar surface area (TPSA) is 96.3 Å². The normalized spacial score (nSPS) is 10.5. The number of ether oxygens (including phenoxy) is 1. The Kier molecular flexibility index (Phi) is 5.33. The maximum absolute atomic E-state index is 11.8. The highest BCUT2D eigenvalue weighted by atomic mass is 32.2. The van der Waals surface area contributed by atoms with Crippen molar-refractivity contribution in [3.05, 3.63) is 29.8 Å². The van der Waals surface area contributed by atoms with Crippen molar-refractivity contribution >= 4 is 21.7 Å². The van der Waals surface area contributed by atoms with E-state index in [0.717, 1.165) is 6.26 Å². The van der Waals surface area contributed by atoms with E-state index >= 15 is 0 Å². The van der Waals surface area contributed by atoms with Gasteiger partial charge in [0.2, 0.25) is 10.0 Å². The molecule has 7 heteroatoms. The summed E-state index contributed by atoms with van der Waals surface area (Å²) in [5, 5.41) is 8.35. The monoisotopic (exact) mass is 282 g/mol. The molecule has 1 rings (SSSR count). The number of hydrogen-bond acceptors (Lipinski definition) is 5. The summed E-state index contributed by atoms with van der Waals surface area (Å²) in [6.45, 7) is 0.125. The van der Waals surface area contributed by atoms with Crippen LogP contribution in [0.25, 0.3) is 0 Å². The first-order chi connectivity index (χ1) is 8.94. The molecule has 0 atom stereocenters. The Labute approximate surface area is 112 Å². The second kappa shape index (κ2) is 6.75. The molecule has 0 radical (unpaired) electrons. The van der Waals surface area contributed by atoms with Crippen LogP contribution in [-0.2, 0) is 14.8 Å². The number of rotatable bonds is 6. The summed E-state index contributed by atoms with van der Waals surface area (Å²) >= 11 is 0. The van der Waals surface area contributed by atoms with Crippen molar-refractivity contribution in [2.24, 2.45) is 0 Å². The Morgan fingerprint density at radius 2 is 2.11 bits per heavy atom. The molecule has 0 aromatic heterocycles. The highest BCUT2D eigenvalue weighted by Gasteiger charge is 2.14. The number of nitrogens with zero attached hydrogens (tertiary/aromatic N) is 1. The summed E-state index contributed by atoms with van der Waals surface area (Å²) in [7, 11) is -3.46.